The molecule has 4 nitrogen and oxygen atoms in total. The largest absolute Gasteiger partial charge is 0.273 e. The Balaban J connectivity index is 1.94. The third-order valence-electron chi connectivity index (χ3n) is 3.38. The van der Waals surface area contributed by atoms with Crippen LogP contribution >= 0.6 is 0 Å². The molecule has 2 heterocycles. The molecule has 1 aliphatic rings. The Morgan fingerprint density at radius 1 is 1.15 bits per heavy atom. The van der Waals surface area contributed by atoms with Crippen LogP contribution in [0.3, 0.4) is 0 Å². The number of hydrogen-bond acceptors (Lipinski definition) is 3. The number of carbonyl (C=O) groups is 1. The number of hydrogen-bond donors (Lipinski definition) is 0. The molecule has 2 aromatic rings. The van der Waals surface area contributed by atoms with Gasteiger partial charge in [0.15, 0.2) is 0 Å². The number of aromatic nitrogens is 1. The highest BCUT2D eigenvalue weighted by atomic mass is 16.2. The number of benzene rings is 1. The Kier molecular flexibility index (Phi) is 3.29. The van der Waals surface area contributed by atoms with Crippen molar-refractivity contribution >= 4 is 11.6 Å². The predicted octanol–water partition coefficient (Wildman–Crippen LogP) is 2.78. The standard InChI is InChI=1S/C16H15N3O/c1-12(20)19-16(13-7-3-2-4-8-13)11-15(18-19)14-9-5-6-10-17-14/h2-10,16H,11H2,1H3/t16-/m1/s1. The summed E-state index contributed by atoms with van der Waals surface area (Å²) in [7, 11) is 0. The molecule has 0 bridgehead atoms. The quantitative estimate of drug-likeness (QED) is 0.838. The Morgan fingerprint density at radius 3 is 2.55 bits per heavy atom. The van der Waals surface area contributed by atoms with Crippen LogP contribution in [0, 0.1) is 0 Å². The van der Waals surface area contributed by atoms with Gasteiger partial charge >= 0.3 is 0 Å². The Bertz CT molecular complexity index is 637. The lowest BCUT2D eigenvalue weighted by molar-refractivity contribution is -0.130. The summed E-state index contributed by atoms with van der Waals surface area (Å²) in [5.41, 5.74) is 2.78. The van der Waals surface area contributed by atoms with Crippen LogP contribution in [0.25, 0.3) is 0 Å². The first-order valence-corrected chi connectivity index (χ1v) is 6.59. The van der Waals surface area contributed by atoms with Gasteiger partial charge in [0.25, 0.3) is 0 Å². The van der Waals surface area contributed by atoms with Crippen LogP contribution in [0.15, 0.2) is 59.8 Å². The molecule has 0 N–H and O–H groups in total. The molecular weight excluding hydrogens is 250 g/mol. The van der Waals surface area contributed by atoms with Gasteiger partial charge in [-0.15, -0.1) is 0 Å². The molecule has 3 rings (SSSR count). The molecule has 0 radical (unpaired) electrons. The van der Waals surface area contributed by atoms with E-state index in [-0.39, 0.29) is 11.9 Å². The molecule has 1 aliphatic heterocycles. The van der Waals surface area contributed by atoms with Crippen LogP contribution in [0.5, 0.6) is 0 Å². The third-order valence-corrected chi connectivity index (χ3v) is 3.38. The normalized spacial score (nSPS) is 17.9. The van der Waals surface area contributed by atoms with Gasteiger partial charge in [-0.3, -0.25) is 9.78 Å². The molecule has 0 unspecified atom stereocenters. The van der Waals surface area contributed by atoms with Gasteiger partial charge in [-0.2, -0.15) is 5.10 Å². The first-order valence-electron chi connectivity index (χ1n) is 6.59. The molecule has 0 fully saturated rings. The Hall–Kier alpha value is -2.49. The van der Waals surface area contributed by atoms with E-state index >= 15 is 0 Å². The topological polar surface area (TPSA) is 45.6 Å². The molecule has 1 aromatic carbocycles. The summed E-state index contributed by atoms with van der Waals surface area (Å²) in [4.78, 5) is 16.1. The number of hydrazone groups is 1. The monoisotopic (exact) mass is 265 g/mol. The number of pyridine rings is 1. The smallest absolute Gasteiger partial charge is 0.240 e. The second kappa shape index (κ2) is 5.25. The van der Waals surface area contributed by atoms with Crippen molar-refractivity contribution in [3.8, 4) is 0 Å². The van der Waals surface area contributed by atoms with E-state index in [0.29, 0.717) is 6.42 Å². The molecular formula is C16H15N3O. The van der Waals surface area contributed by atoms with E-state index in [1.165, 1.54) is 0 Å². The van der Waals surface area contributed by atoms with Gasteiger partial charge in [-0.1, -0.05) is 36.4 Å². The lowest BCUT2D eigenvalue weighted by atomic mass is 10.0. The van der Waals surface area contributed by atoms with Gasteiger partial charge < -0.3 is 0 Å². The van der Waals surface area contributed by atoms with Gasteiger partial charge in [0.1, 0.15) is 0 Å². The maximum absolute atomic E-state index is 11.8. The van der Waals surface area contributed by atoms with Crippen LogP contribution in [0.1, 0.15) is 30.6 Å². The summed E-state index contributed by atoms with van der Waals surface area (Å²) >= 11 is 0. The summed E-state index contributed by atoms with van der Waals surface area (Å²) in [5.74, 6) is -0.0511. The zero-order valence-electron chi connectivity index (χ0n) is 11.2. The van der Waals surface area contributed by atoms with E-state index in [1.807, 2.05) is 48.5 Å². The Morgan fingerprint density at radius 2 is 1.90 bits per heavy atom. The molecule has 0 saturated heterocycles. The van der Waals surface area contributed by atoms with Crippen molar-refractivity contribution in [3.05, 3.63) is 66.0 Å². The third kappa shape index (κ3) is 2.32. The molecule has 1 aromatic heterocycles. The number of carbonyl (C=O) groups excluding carboxylic acids is 1. The molecule has 0 aliphatic carbocycles. The fourth-order valence-electron chi connectivity index (χ4n) is 2.42. The minimum Gasteiger partial charge on any atom is -0.273 e. The predicted molar refractivity (Wildman–Crippen MR) is 77.1 cm³/mol. The summed E-state index contributed by atoms with van der Waals surface area (Å²) in [6.45, 7) is 1.54. The highest BCUT2D eigenvalue weighted by Crippen LogP contribution is 2.31. The maximum atomic E-state index is 11.8. The van der Waals surface area contributed by atoms with Gasteiger partial charge in [0.05, 0.1) is 17.4 Å². The summed E-state index contributed by atoms with van der Waals surface area (Å²) in [6.07, 6.45) is 2.44. The van der Waals surface area contributed by atoms with Crippen molar-refractivity contribution in [2.75, 3.05) is 0 Å². The van der Waals surface area contributed by atoms with Crippen LogP contribution in [-0.2, 0) is 4.79 Å². The number of nitrogens with zero attached hydrogens (tertiary/aromatic N) is 3. The number of amides is 1. The second-order valence-corrected chi connectivity index (χ2v) is 4.76. The zero-order chi connectivity index (χ0) is 13.9. The van der Waals surface area contributed by atoms with Gasteiger partial charge in [0.2, 0.25) is 5.91 Å². The molecule has 1 amide bonds. The van der Waals surface area contributed by atoms with Crippen LogP contribution in [0.2, 0.25) is 0 Å². The molecule has 20 heavy (non-hydrogen) atoms. The molecule has 0 spiro atoms. The summed E-state index contributed by atoms with van der Waals surface area (Å²) in [6, 6.07) is 15.7. The Labute approximate surface area is 117 Å². The van der Waals surface area contributed by atoms with E-state index in [9.17, 15) is 4.79 Å². The van der Waals surface area contributed by atoms with Crippen molar-refractivity contribution in [3.63, 3.8) is 0 Å². The van der Waals surface area contributed by atoms with E-state index < -0.39 is 0 Å². The first kappa shape index (κ1) is 12.5. The van der Waals surface area contributed by atoms with Crippen molar-refractivity contribution in [2.24, 2.45) is 5.10 Å². The lowest BCUT2D eigenvalue weighted by Gasteiger charge is -2.20. The summed E-state index contributed by atoms with van der Waals surface area (Å²) < 4.78 is 0. The minimum absolute atomic E-state index is 0.0364. The molecule has 4 heteroatoms. The van der Waals surface area contributed by atoms with Crippen molar-refractivity contribution in [2.45, 2.75) is 19.4 Å². The van der Waals surface area contributed by atoms with E-state index in [2.05, 4.69) is 10.1 Å². The molecule has 0 saturated carbocycles. The second-order valence-electron chi connectivity index (χ2n) is 4.76. The maximum Gasteiger partial charge on any atom is 0.240 e. The fourth-order valence-corrected chi connectivity index (χ4v) is 2.42. The van der Waals surface area contributed by atoms with E-state index in [1.54, 1.807) is 18.1 Å². The highest BCUT2D eigenvalue weighted by molar-refractivity contribution is 6.01. The van der Waals surface area contributed by atoms with E-state index in [0.717, 1.165) is 17.0 Å². The number of rotatable bonds is 2. The van der Waals surface area contributed by atoms with Crippen molar-refractivity contribution in [1.82, 2.24) is 9.99 Å². The zero-order valence-corrected chi connectivity index (χ0v) is 11.2. The van der Waals surface area contributed by atoms with Crippen molar-refractivity contribution < 1.29 is 4.79 Å². The SMILES string of the molecule is CC(=O)N1N=C(c2ccccn2)C[C@@H]1c1ccccc1. The van der Waals surface area contributed by atoms with Gasteiger partial charge in [-0.05, 0) is 17.7 Å². The van der Waals surface area contributed by atoms with Crippen LogP contribution < -0.4 is 0 Å². The minimum atomic E-state index is -0.0511. The average molecular weight is 265 g/mol. The molecule has 1 atom stereocenters. The fraction of sp³-hybridized carbons (Fsp3) is 0.188. The molecule has 100 valence electrons. The lowest BCUT2D eigenvalue weighted by Crippen LogP contribution is -2.24. The first-order chi connectivity index (χ1) is 9.75. The van der Waals surface area contributed by atoms with Gasteiger partial charge in [-0.25, -0.2) is 5.01 Å². The summed E-state index contributed by atoms with van der Waals surface area (Å²) in [5, 5.41) is 6.01. The highest BCUT2D eigenvalue weighted by Gasteiger charge is 2.31. The average Bonchev–Trinajstić information content (AvgIpc) is 2.94. The van der Waals surface area contributed by atoms with Crippen LogP contribution in [-0.4, -0.2) is 21.6 Å². The van der Waals surface area contributed by atoms with Crippen LogP contribution in [0.4, 0.5) is 0 Å². The van der Waals surface area contributed by atoms with Crippen molar-refractivity contribution in [1.29, 1.82) is 0 Å². The van der Waals surface area contributed by atoms with E-state index in [4.69, 9.17) is 0 Å². The van der Waals surface area contributed by atoms with Gasteiger partial charge in [0, 0.05) is 19.5 Å².